The molecule has 60 valence electrons. The molecule has 0 bridgehead atoms. The van der Waals surface area contributed by atoms with Crippen molar-refractivity contribution in [1.82, 2.24) is 5.32 Å². The van der Waals surface area contributed by atoms with Crippen LogP contribution in [-0.2, 0) is 9.53 Å². The molecule has 1 unspecified atom stereocenters. The summed E-state index contributed by atoms with van der Waals surface area (Å²) in [4.78, 5) is 10.9. The summed E-state index contributed by atoms with van der Waals surface area (Å²) in [5.74, 6) is 0.0879. The fraction of sp³-hybridized carbons (Fsp3) is 0.833. The standard InChI is InChI=1S/C6H14NO2P/c1-5(7-4-10)6(8)3-9-2/h5,7H,3-4,10H2,1-2H3/t5-/m0/s1. The number of methoxy groups -OCH3 is 1. The Balaban J connectivity index is 3.49. The Hall–Kier alpha value is 0.0200. The van der Waals surface area contributed by atoms with Crippen LogP contribution in [-0.4, -0.2) is 31.8 Å². The van der Waals surface area contributed by atoms with Gasteiger partial charge in [0.05, 0.1) is 6.04 Å². The molecule has 0 radical (unpaired) electrons. The number of carbonyl (C=O) groups is 1. The highest BCUT2D eigenvalue weighted by Crippen LogP contribution is 1.86. The smallest absolute Gasteiger partial charge is 0.174 e. The molecule has 0 fully saturated rings. The van der Waals surface area contributed by atoms with Crippen LogP contribution in [0.4, 0.5) is 0 Å². The Morgan fingerprint density at radius 2 is 2.40 bits per heavy atom. The first-order valence-electron chi connectivity index (χ1n) is 3.17. The lowest BCUT2D eigenvalue weighted by molar-refractivity contribution is -0.124. The van der Waals surface area contributed by atoms with E-state index in [1.807, 2.05) is 6.92 Å². The van der Waals surface area contributed by atoms with E-state index < -0.39 is 0 Å². The number of Topliss-reactive ketones (excluding diaryl/α,β-unsaturated/α-hetero) is 1. The van der Waals surface area contributed by atoms with Crippen LogP contribution in [0.1, 0.15) is 6.92 Å². The summed E-state index contributed by atoms with van der Waals surface area (Å²) in [6.45, 7) is 2.02. The highest BCUT2D eigenvalue weighted by molar-refractivity contribution is 7.16. The van der Waals surface area contributed by atoms with Crippen molar-refractivity contribution in [1.29, 1.82) is 0 Å². The van der Waals surface area contributed by atoms with Crippen molar-refractivity contribution in [3.63, 3.8) is 0 Å². The SMILES string of the molecule is COCC(=O)[C@H](C)NCP. The molecule has 4 heteroatoms. The molecule has 0 saturated carbocycles. The number of ether oxygens (including phenoxy) is 1. The molecule has 10 heavy (non-hydrogen) atoms. The summed E-state index contributed by atoms with van der Waals surface area (Å²) < 4.78 is 4.67. The molecule has 0 aromatic rings. The van der Waals surface area contributed by atoms with E-state index in [4.69, 9.17) is 0 Å². The zero-order chi connectivity index (χ0) is 7.98. The highest BCUT2D eigenvalue weighted by atomic mass is 31.0. The van der Waals surface area contributed by atoms with E-state index in [1.54, 1.807) is 0 Å². The van der Waals surface area contributed by atoms with Crippen LogP contribution in [0.15, 0.2) is 0 Å². The molecule has 3 nitrogen and oxygen atoms in total. The molecule has 0 saturated heterocycles. The second kappa shape index (κ2) is 5.78. The van der Waals surface area contributed by atoms with Gasteiger partial charge in [-0.2, -0.15) is 0 Å². The average Bonchev–Trinajstić information content (AvgIpc) is 1.89. The summed E-state index contributed by atoms with van der Waals surface area (Å²) in [6.07, 6.45) is 0.733. The van der Waals surface area contributed by atoms with Gasteiger partial charge in [0.2, 0.25) is 0 Å². The normalized spacial score (nSPS) is 13.1. The fourth-order valence-corrected chi connectivity index (χ4v) is 0.911. The van der Waals surface area contributed by atoms with E-state index in [0.29, 0.717) is 0 Å². The maximum Gasteiger partial charge on any atom is 0.174 e. The first-order chi connectivity index (χ1) is 4.72. The monoisotopic (exact) mass is 163 g/mol. The summed E-state index contributed by atoms with van der Waals surface area (Å²) in [5, 5.41) is 2.96. The topological polar surface area (TPSA) is 38.3 Å². The Labute approximate surface area is 63.7 Å². The van der Waals surface area contributed by atoms with Gasteiger partial charge in [-0.3, -0.25) is 4.79 Å². The first-order valence-corrected chi connectivity index (χ1v) is 3.99. The maximum atomic E-state index is 10.9. The van der Waals surface area contributed by atoms with Crippen LogP contribution in [0, 0.1) is 0 Å². The van der Waals surface area contributed by atoms with Crippen molar-refractivity contribution < 1.29 is 9.53 Å². The van der Waals surface area contributed by atoms with Crippen molar-refractivity contribution >= 4 is 15.0 Å². The molecule has 0 rings (SSSR count). The largest absolute Gasteiger partial charge is 0.377 e. The number of rotatable bonds is 5. The molecule has 0 aromatic carbocycles. The number of ketones is 1. The molecule has 0 aliphatic carbocycles. The van der Waals surface area contributed by atoms with E-state index in [0.717, 1.165) is 6.29 Å². The Bertz CT molecular complexity index is 108. The second-order valence-corrected chi connectivity index (χ2v) is 2.44. The van der Waals surface area contributed by atoms with Gasteiger partial charge in [-0.15, -0.1) is 9.24 Å². The van der Waals surface area contributed by atoms with E-state index >= 15 is 0 Å². The van der Waals surface area contributed by atoms with Crippen LogP contribution in [0.3, 0.4) is 0 Å². The third kappa shape index (κ3) is 3.94. The quantitative estimate of drug-likeness (QED) is 0.580. The molecule has 0 heterocycles. The van der Waals surface area contributed by atoms with Gasteiger partial charge in [0.1, 0.15) is 6.61 Å². The van der Waals surface area contributed by atoms with Crippen molar-refractivity contribution in [2.24, 2.45) is 0 Å². The van der Waals surface area contributed by atoms with Crippen LogP contribution < -0.4 is 5.32 Å². The highest BCUT2D eigenvalue weighted by Gasteiger charge is 2.09. The minimum absolute atomic E-state index is 0.0879. The molecule has 2 atom stereocenters. The van der Waals surface area contributed by atoms with Gasteiger partial charge in [0.15, 0.2) is 5.78 Å². The predicted molar refractivity (Wildman–Crippen MR) is 44.1 cm³/mol. The Kier molecular flexibility index (Phi) is 5.79. The van der Waals surface area contributed by atoms with Crippen molar-refractivity contribution in [2.75, 3.05) is 20.0 Å². The van der Waals surface area contributed by atoms with E-state index in [1.165, 1.54) is 7.11 Å². The van der Waals surface area contributed by atoms with Crippen LogP contribution in [0.5, 0.6) is 0 Å². The minimum Gasteiger partial charge on any atom is -0.377 e. The summed E-state index contributed by atoms with van der Waals surface area (Å²) in [5.41, 5.74) is 0. The van der Waals surface area contributed by atoms with Crippen molar-refractivity contribution in [3.8, 4) is 0 Å². The maximum absolute atomic E-state index is 10.9. The zero-order valence-corrected chi connectivity index (χ0v) is 7.54. The summed E-state index contributed by atoms with van der Waals surface area (Å²) in [6, 6.07) is -0.0996. The van der Waals surface area contributed by atoms with Crippen LogP contribution >= 0.6 is 9.24 Å². The minimum atomic E-state index is -0.0996. The Morgan fingerprint density at radius 3 is 2.80 bits per heavy atom. The van der Waals surface area contributed by atoms with Gasteiger partial charge in [-0.25, -0.2) is 0 Å². The van der Waals surface area contributed by atoms with Gasteiger partial charge in [0.25, 0.3) is 0 Å². The zero-order valence-electron chi connectivity index (χ0n) is 6.39. The van der Waals surface area contributed by atoms with Crippen molar-refractivity contribution in [3.05, 3.63) is 0 Å². The molecule has 0 aromatic heterocycles. The van der Waals surface area contributed by atoms with Gasteiger partial charge < -0.3 is 10.1 Å². The molecule has 1 N–H and O–H groups in total. The number of hydrogen-bond donors (Lipinski definition) is 1. The van der Waals surface area contributed by atoms with E-state index in [2.05, 4.69) is 19.3 Å². The van der Waals surface area contributed by atoms with E-state index in [9.17, 15) is 4.79 Å². The lowest BCUT2D eigenvalue weighted by atomic mass is 10.2. The number of nitrogens with one attached hydrogen (secondary N) is 1. The predicted octanol–water partition coefficient (Wildman–Crippen LogP) is 0.0126. The molecule has 0 spiro atoms. The van der Waals surface area contributed by atoms with E-state index in [-0.39, 0.29) is 18.4 Å². The number of hydrogen-bond acceptors (Lipinski definition) is 3. The Morgan fingerprint density at radius 1 is 1.80 bits per heavy atom. The molecule has 0 aliphatic heterocycles. The van der Waals surface area contributed by atoms with Crippen molar-refractivity contribution in [2.45, 2.75) is 13.0 Å². The third-order valence-electron chi connectivity index (χ3n) is 1.19. The number of carbonyl (C=O) groups excluding carboxylic acids is 1. The summed E-state index contributed by atoms with van der Waals surface area (Å²) >= 11 is 0. The fourth-order valence-electron chi connectivity index (χ4n) is 0.558. The molecule has 0 aliphatic rings. The molecular formula is C6H14NO2P. The van der Waals surface area contributed by atoms with Crippen LogP contribution in [0.25, 0.3) is 0 Å². The third-order valence-corrected chi connectivity index (χ3v) is 1.43. The average molecular weight is 163 g/mol. The first kappa shape index (κ1) is 10.0. The van der Waals surface area contributed by atoms with Gasteiger partial charge in [-0.1, -0.05) is 0 Å². The summed E-state index contributed by atoms with van der Waals surface area (Å²) in [7, 11) is 4.02. The van der Waals surface area contributed by atoms with Gasteiger partial charge in [-0.05, 0) is 6.92 Å². The lowest BCUT2D eigenvalue weighted by Crippen LogP contribution is -2.35. The van der Waals surface area contributed by atoms with Gasteiger partial charge in [0, 0.05) is 13.4 Å². The second-order valence-electron chi connectivity index (χ2n) is 2.03. The molecule has 0 amide bonds. The van der Waals surface area contributed by atoms with Gasteiger partial charge >= 0.3 is 0 Å². The molecular weight excluding hydrogens is 149 g/mol. The van der Waals surface area contributed by atoms with Crippen LogP contribution in [0.2, 0.25) is 0 Å². The lowest BCUT2D eigenvalue weighted by Gasteiger charge is -2.08.